The van der Waals surface area contributed by atoms with Crippen molar-refractivity contribution in [2.45, 2.75) is 31.8 Å². The van der Waals surface area contributed by atoms with Gasteiger partial charge in [-0.1, -0.05) is 23.7 Å². The molecule has 1 aromatic heterocycles. The lowest BCUT2D eigenvalue weighted by Gasteiger charge is -2.24. The van der Waals surface area contributed by atoms with E-state index in [1.807, 2.05) is 25.2 Å². The van der Waals surface area contributed by atoms with E-state index < -0.39 is 6.04 Å². The van der Waals surface area contributed by atoms with Crippen LogP contribution in [0.5, 0.6) is 0 Å². The normalized spacial score (nSPS) is 16.9. The molecule has 1 N–H and O–H groups in total. The van der Waals surface area contributed by atoms with E-state index in [-0.39, 0.29) is 18.2 Å². The first-order valence-corrected chi connectivity index (χ1v) is 8.71. The highest BCUT2D eigenvalue weighted by Crippen LogP contribution is 2.19. The van der Waals surface area contributed by atoms with Crippen LogP contribution < -0.4 is 5.32 Å². The number of carbonyl (C=O) groups excluding carboxylic acids is 2. The van der Waals surface area contributed by atoms with Crippen molar-refractivity contribution in [1.82, 2.24) is 20.0 Å². The summed E-state index contributed by atoms with van der Waals surface area (Å²) in [6.07, 6.45) is 3.47. The Labute approximate surface area is 151 Å². The number of hydrogen-bond acceptors (Lipinski definition) is 3. The van der Waals surface area contributed by atoms with Crippen LogP contribution in [0.2, 0.25) is 5.02 Å². The average Bonchev–Trinajstić information content (AvgIpc) is 3.24. The van der Waals surface area contributed by atoms with Crippen molar-refractivity contribution in [1.29, 1.82) is 0 Å². The molecule has 2 amide bonds. The van der Waals surface area contributed by atoms with Gasteiger partial charge in [-0.3, -0.25) is 14.3 Å². The van der Waals surface area contributed by atoms with E-state index in [2.05, 4.69) is 10.4 Å². The summed E-state index contributed by atoms with van der Waals surface area (Å²) in [5, 5.41) is 7.66. The van der Waals surface area contributed by atoms with Gasteiger partial charge in [0.1, 0.15) is 6.04 Å². The highest BCUT2D eigenvalue weighted by molar-refractivity contribution is 6.30. The zero-order valence-corrected chi connectivity index (χ0v) is 14.9. The number of aromatic nitrogens is 2. The van der Waals surface area contributed by atoms with Gasteiger partial charge in [-0.05, 0) is 36.6 Å². The molecule has 2 heterocycles. The average molecular weight is 361 g/mol. The molecular weight excluding hydrogens is 340 g/mol. The highest BCUT2D eigenvalue weighted by Gasteiger charge is 2.33. The minimum Gasteiger partial charge on any atom is -0.350 e. The minimum absolute atomic E-state index is 0.0345. The van der Waals surface area contributed by atoms with Crippen LogP contribution in [-0.4, -0.2) is 39.1 Å². The van der Waals surface area contributed by atoms with Gasteiger partial charge in [0.05, 0.1) is 6.42 Å². The molecule has 0 spiro atoms. The second-order valence-corrected chi connectivity index (χ2v) is 6.65. The van der Waals surface area contributed by atoms with Crippen molar-refractivity contribution in [3.63, 3.8) is 0 Å². The molecule has 25 heavy (non-hydrogen) atoms. The molecule has 7 heteroatoms. The number of rotatable bonds is 5. The van der Waals surface area contributed by atoms with E-state index in [0.29, 0.717) is 24.5 Å². The van der Waals surface area contributed by atoms with Gasteiger partial charge in [0.2, 0.25) is 11.8 Å². The number of carbonyl (C=O) groups is 2. The zero-order chi connectivity index (χ0) is 17.8. The Morgan fingerprint density at radius 2 is 2.04 bits per heavy atom. The number of likely N-dealkylation sites (tertiary alicyclic amines) is 1. The summed E-state index contributed by atoms with van der Waals surface area (Å²) in [6, 6.07) is 8.77. The van der Waals surface area contributed by atoms with Crippen molar-refractivity contribution in [3.8, 4) is 0 Å². The van der Waals surface area contributed by atoms with Crippen molar-refractivity contribution < 1.29 is 9.59 Å². The second-order valence-electron chi connectivity index (χ2n) is 6.21. The quantitative estimate of drug-likeness (QED) is 0.885. The van der Waals surface area contributed by atoms with Gasteiger partial charge in [0.15, 0.2) is 0 Å². The molecule has 2 aromatic rings. The number of benzene rings is 1. The maximum atomic E-state index is 12.6. The first kappa shape index (κ1) is 17.5. The Balaban J connectivity index is 1.58. The maximum Gasteiger partial charge on any atom is 0.243 e. The molecule has 1 aliphatic rings. The van der Waals surface area contributed by atoms with Crippen molar-refractivity contribution in [3.05, 3.63) is 52.8 Å². The van der Waals surface area contributed by atoms with E-state index in [1.54, 1.807) is 27.9 Å². The van der Waals surface area contributed by atoms with E-state index >= 15 is 0 Å². The minimum atomic E-state index is -0.395. The summed E-state index contributed by atoms with van der Waals surface area (Å²) < 4.78 is 1.68. The largest absolute Gasteiger partial charge is 0.350 e. The predicted molar refractivity (Wildman–Crippen MR) is 94.9 cm³/mol. The van der Waals surface area contributed by atoms with Crippen LogP contribution in [0.4, 0.5) is 0 Å². The summed E-state index contributed by atoms with van der Waals surface area (Å²) in [5.41, 5.74) is 1.82. The molecular formula is C18H21ClN4O2. The molecule has 3 rings (SSSR count). The SMILES string of the molecule is Cn1nccc1CC(=O)N1CCC[C@H]1C(=O)NCc1ccc(Cl)cc1. The van der Waals surface area contributed by atoms with Crippen LogP contribution >= 0.6 is 11.6 Å². The van der Waals surface area contributed by atoms with Gasteiger partial charge in [-0.15, -0.1) is 0 Å². The summed E-state index contributed by atoms with van der Waals surface area (Å²) in [5.74, 6) is -0.140. The van der Waals surface area contributed by atoms with Gasteiger partial charge in [0.25, 0.3) is 0 Å². The van der Waals surface area contributed by atoms with Crippen LogP contribution in [0, 0.1) is 0 Å². The third kappa shape index (κ3) is 4.20. The van der Waals surface area contributed by atoms with Gasteiger partial charge >= 0.3 is 0 Å². The smallest absolute Gasteiger partial charge is 0.243 e. The van der Waals surface area contributed by atoms with Crippen LogP contribution in [0.15, 0.2) is 36.5 Å². The Morgan fingerprint density at radius 3 is 2.72 bits per heavy atom. The lowest BCUT2D eigenvalue weighted by atomic mass is 10.1. The van der Waals surface area contributed by atoms with Gasteiger partial charge in [0, 0.05) is 37.1 Å². The van der Waals surface area contributed by atoms with Gasteiger partial charge < -0.3 is 10.2 Å². The van der Waals surface area contributed by atoms with Crippen molar-refractivity contribution in [2.75, 3.05) is 6.54 Å². The van der Waals surface area contributed by atoms with E-state index in [9.17, 15) is 9.59 Å². The maximum absolute atomic E-state index is 12.6. The van der Waals surface area contributed by atoms with Gasteiger partial charge in [-0.25, -0.2) is 0 Å². The molecule has 0 unspecified atom stereocenters. The number of hydrogen-bond donors (Lipinski definition) is 1. The first-order valence-electron chi connectivity index (χ1n) is 8.33. The molecule has 1 aromatic carbocycles. The highest BCUT2D eigenvalue weighted by atomic mass is 35.5. The Kier molecular flexibility index (Phi) is 5.38. The van der Waals surface area contributed by atoms with E-state index in [0.717, 1.165) is 17.7 Å². The van der Waals surface area contributed by atoms with E-state index in [4.69, 9.17) is 11.6 Å². The summed E-state index contributed by atoms with van der Waals surface area (Å²) in [7, 11) is 1.81. The molecule has 1 aliphatic heterocycles. The van der Waals surface area contributed by atoms with Gasteiger partial charge in [-0.2, -0.15) is 5.10 Å². The fourth-order valence-corrected chi connectivity index (χ4v) is 3.20. The molecule has 1 atom stereocenters. The fraction of sp³-hybridized carbons (Fsp3) is 0.389. The second kappa shape index (κ2) is 7.70. The topological polar surface area (TPSA) is 67.2 Å². The standard InChI is InChI=1S/C18H21ClN4O2/c1-22-15(8-9-21-22)11-17(24)23-10-2-3-16(23)18(25)20-12-13-4-6-14(19)7-5-13/h4-9,16H,2-3,10-12H2,1H3,(H,20,25)/t16-/m0/s1. The van der Waals surface area contributed by atoms with Crippen LogP contribution in [0.3, 0.4) is 0 Å². The molecule has 0 saturated carbocycles. The summed E-state index contributed by atoms with van der Waals surface area (Å²) in [6.45, 7) is 1.05. The number of aryl methyl sites for hydroxylation is 1. The lowest BCUT2D eigenvalue weighted by Crippen LogP contribution is -2.46. The number of nitrogens with zero attached hydrogens (tertiary/aromatic N) is 3. The first-order chi connectivity index (χ1) is 12.0. The van der Waals surface area contributed by atoms with Crippen LogP contribution in [-0.2, 0) is 29.6 Å². The monoisotopic (exact) mass is 360 g/mol. The molecule has 0 radical (unpaired) electrons. The Bertz CT molecular complexity index is 757. The van der Waals surface area contributed by atoms with Crippen molar-refractivity contribution in [2.24, 2.45) is 7.05 Å². The molecule has 132 valence electrons. The Morgan fingerprint density at radius 1 is 1.28 bits per heavy atom. The van der Waals surface area contributed by atoms with Crippen LogP contribution in [0.25, 0.3) is 0 Å². The molecule has 0 aliphatic carbocycles. The summed E-state index contributed by atoms with van der Waals surface area (Å²) in [4.78, 5) is 26.8. The third-order valence-corrected chi connectivity index (χ3v) is 4.76. The molecule has 1 fully saturated rings. The number of nitrogens with one attached hydrogen (secondary N) is 1. The van der Waals surface area contributed by atoms with Crippen molar-refractivity contribution >= 4 is 23.4 Å². The zero-order valence-electron chi connectivity index (χ0n) is 14.1. The Hall–Kier alpha value is -2.34. The lowest BCUT2D eigenvalue weighted by molar-refractivity contribution is -0.138. The third-order valence-electron chi connectivity index (χ3n) is 4.51. The molecule has 6 nitrogen and oxygen atoms in total. The number of amides is 2. The summed E-state index contributed by atoms with van der Waals surface area (Å²) >= 11 is 5.86. The fourth-order valence-electron chi connectivity index (χ4n) is 3.08. The van der Waals surface area contributed by atoms with Crippen LogP contribution in [0.1, 0.15) is 24.1 Å². The number of halogens is 1. The molecule has 0 bridgehead atoms. The van der Waals surface area contributed by atoms with E-state index in [1.165, 1.54) is 0 Å². The molecule has 1 saturated heterocycles. The predicted octanol–water partition coefficient (Wildman–Crippen LogP) is 1.92.